The maximum atomic E-state index is 12.5. The molecular weight excluding hydrogens is 322 g/mol. The smallest absolute Gasteiger partial charge is 0.349 e. The lowest BCUT2D eigenvalue weighted by molar-refractivity contribution is -0.166. The number of hydrogen-bond acceptors (Lipinski definition) is 4. The maximum absolute atomic E-state index is 12.5. The monoisotopic (exact) mass is 341 g/mol. The van der Waals surface area contributed by atoms with E-state index in [0.29, 0.717) is 5.56 Å². The van der Waals surface area contributed by atoms with Crippen molar-refractivity contribution in [1.82, 2.24) is 5.32 Å². The molecule has 0 saturated heterocycles. The van der Waals surface area contributed by atoms with Gasteiger partial charge in [0.1, 0.15) is 6.04 Å². The van der Waals surface area contributed by atoms with Gasteiger partial charge in [0.15, 0.2) is 0 Å². The molecule has 0 fully saturated rings. The molecule has 0 aromatic heterocycles. The van der Waals surface area contributed by atoms with Gasteiger partial charge in [0, 0.05) is 18.9 Å². The minimum absolute atomic E-state index is 0.209. The standard InChI is InChI=1S/C19H19NO5/c1-13(21)20-16(12-14-8-4-2-5-9-14)19(24)25-17(18(22)23)15-10-6-3-7-11-15/h2-11,16-17H,12H2,1H3,(H,20,21)(H,22,23)/t16-,17?/m0/s1. The van der Waals surface area contributed by atoms with E-state index in [4.69, 9.17) is 4.74 Å². The van der Waals surface area contributed by atoms with Gasteiger partial charge in [0.25, 0.3) is 0 Å². The molecule has 2 rings (SSSR count). The van der Waals surface area contributed by atoms with E-state index >= 15 is 0 Å². The number of aliphatic carboxylic acids is 1. The number of amides is 1. The first-order chi connectivity index (χ1) is 12.0. The Bertz CT molecular complexity index is 730. The predicted octanol–water partition coefficient (Wildman–Crippen LogP) is 2.10. The summed E-state index contributed by atoms with van der Waals surface area (Å²) in [6.45, 7) is 1.29. The average molecular weight is 341 g/mol. The van der Waals surface area contributed by atoms with Crippen molar-refractivity contribution in [3.05, 3.63) is 71.8 Å². The highest BCUT2D eigenvalue weighted by molar-refractivity contribution is 5.86. The van der Waals surface area contributed by atoms with E-state index in [-0.39, 0.29) is 6.42 Å². The molecule has 6 nitrogen and oxygen atoms in total. The molecule has 130 valence electrons. The molecule has 1 amide bonds. The van der Waals surface area contributed by atoms with Gasteiger partial charge in [-0.2, -0.15) is 0 Å². The van der Waals surface area contributed by atoms with Crippen LogP contribution in [0.3, 0.4) is 0 Å². The largest absolute Gasteiger partial charge is 0.478 e. The molecule has 1 unspecified atom stereocenters. The van der Waals surface area contributed by atoms with Gasteiger partial charge >= 0.3 is 11.9 Å². The Balaban J connectivity index is 2.17. The Morgan fingerprint density at radius 3 is 2.08 bits per heavy atom. The summed E-state index contributed by atoms with van der Waals surface area (Å²) in [6, 6.07) is 16.3. The first kappa shape index (κ1) is 18.2. The highest BCUT2D eigenvalue weighted by atomic mass is 16.6. The minimum Gasteiger partial charge on any atom is -0.478 e. The van der Waals surface area contributed by atoms with Crippen molar-refractivity contribution in [2.24, 2.45) is 0 Å². The highest BCUT2D eigenvalue weighted by Crippen LogP contribution is 2.19. The van der Waals surface area contributed by atoms with Crippen molar-refractivity contribution in [2.75, 3.05) is 0 Å². The summed E-state index contributed by atoms with van der Waals surface area (Å²) in [5.74, 6) is -2.47. The third kappa shape index (κ3) is 5.46. The Labute approximate surface area is 145 Å². The summed E-state index contributed by atoms with van der Waals surface area (Å²) in [5.41, 5.74) is 1.18. The van der Waals surface area contributed by atoms with Crippen molar-refractivity contribution < 1.29 is 24.2 Å². The van der Waals surface area contributed by atoms with Crippen molar-refractivity contribution >= 4 is 17.8 Å². The van der Waals surface area contributed by atoms with Crippen molar-refractivity contribution in [1.29, 1.82) is 0 Å². The normalized spacial score (nSPS) is 12.7. The topological polar surface area (TPSA) is 92.7 Å². The zero-order chi connectivity index (χ0) is 18.2. The van der Waals surface area contributed by atoms with Gasteiger partial charge in [0.2, 0.25) is 12.0 Å². The zero-order valence-corrected chi connectivity index (χ0v) is 13.7. The van der Waals surface area contributed by atoms with Crippen LogP contribution >= 0.6 is 0 Å². The van der Waals surface area contributed by atoms with E-state index in [0.717, 1.165) is 5.56 Å². The van der Waals surface area contributed by atoms with E-state index < -0.39 is 30.0 Å². The van der Waals surface area contributed by atoms with Crippen molar-refractivity contribution in [3.63, 3.8) is 0 Å². The SMILES string of the molecule is CC(=O)N[C@@H](Cc1ccccc1)C(=O)OC(C(=O)O)c1ccccc1. The third-order valence-electron chi connectivity index (χ3n) is 3.51. The molecular formula is C19H19NO5. The van der Waals surface area contributed by atoms with Crippen LogP contribution in [0.2, 0.25) is 0 Å². The van der Waals surface area contributed by atoms with Gasteiger partial charge < -0.3 is 15.2 Å². The summed E-state index contributed by atoms with van der Waals surface area (Å²) in [4.78, 5) is 35.3. The van der Waals surface area contributed by atoms with E-state index in [1.54, 1.807) is 30.3 Å². The van der Waals surface area contributed by atoms with Crippen LogP contribution in [0.5, 0.6) is 0 Å². The van der Waals surface area contributed by atoms with E-state index in [9.17, 15) is 19.5 Å². The molecule has 2 aromatic rings. The number of esters is 1. The number of nitrogens with one attached hydrogen (secondary N) is 1. The van der Waals surface area contributed by atoms with Crippen LogP contribution < -0.4 is 5.32 Å². The summed E-state index contributed by atoms with van der Waals surface area (Å²) in [7, 11) is 0. The first-order valence-electron chi connectivity index (χ1n) is 7.76. The van der Waals surface area contributed by atoms with Crippen molar-refractivity contribution in [2.45, 2.75) is 25.5 Å². The number of carbonyl (C=O) groups excluding carboxylic acids is 2. The fraction of sp³-hybridized carbons (Fsp3) is 0.211. The summed E-state index contributed by atoms with van der Waals surface area (Å²) < 4.78 is 5.18. The summed E-state index contributed by atoms with van der Waals surface area (Å²) in [5, 5.41) is 11.9. The molecule has 0 aliphatic heterocycles. The Hall–Kier alpha value is -3.15. The van der Waals surface area contributed by atoms with E-state index in [2.05, 4.69) is 5.32 Å². The summed E-state index contributed by atoms with van der Waals surface area (Å²) >= 11 is 0. The lowest BCUT2D eigenvalue weighted by Crippen LogP contribution is -2.43. The molecule has 0 saturated carbocycles. The Morgan fingerprint density at radius 2 is 1.56 bits per heavy atom. The molecule has 2 N–H and O–H groups in total. The maximum Gasteiger partial charge on any atom is 0.349 e. The lowest BCUT2D eigenvalue weighted by atomic mass is 10.1. The zero-order valence-electron chi connectivity index (χ0n) is 13.7. The Kier molecular flexibility index (Phi) is 6.28. The van der Waals surface area contributed by atoms with Gasteiger partial charge in [-0.1, -0.05) is 60.7 Å². The molecule has 2 atom stereocenters. The minimum atomic E-state index is -1.43. The molecule has 25 heavy (non-hydrogen) atoms. The van der Waals surface area contributed by atoms with E-state index in [1.807, 2.05) is 30.3 Å². The number of carboxylic acid groups (broad SMARTS) is 1. The number of hydrogen-bond donors (Lipinski definition) is 2. The number of rotatable bonds is 7. The molecule has 0 aliphatic rings. The van der Waals surface area contributed by atoms with Crippen LogP contribution in [-0.2, 0) is 25.5 Å². The van der Waals surface area contributed by atoms with Crippen LogP contribution in [0.4, 0.5) is 0 Å². The summed E-state index contributed by atoms with van der Waals surface area (Å²) in [6.07, 6.45) is -1.22. The molecule has 0 radical (unpaired) electrons. The first-order valence-corrected chi connectivity index (χ1v) is 7.76. The van der Waals surface area contributed by atoms with Crippen LogP contribution in [0, 0.1) is 0 Å². The van der Waals surface area contributed by atoms with E-state index in [1.165, 1.54) is 6.92 Å². The lowest BCUT2D eigenvalue weighted by Gasteiger charge is -2.20. The fourth-order valence-electron chi connectivity index (χ4n) is 2.38. The van der Waals surface area contributed by atoms with Gasteiger partial charge in [-0.3, -0.25) is 4.79 Å². The molecule has 2 aromatic carbocycles. The number of carboxylic acids is 1. The second kappa shape index (κ2) is 8.63. The third-order valence-corrected chi connectivity index (χ3v) is 3.51. The predicted molar refractivity (Wildman–Crippen MR) is 90.7 cm³/mol. The van der Waals surface area contributed by atoms with Crippen LogP contribution in [0.1, 0.15) is 24.2 Å². The molecule has 0 bridgehead atoms. The van der Waals surface area contributed by atoms with Gasteiger partial charge in [-0.15, -0.1) is 0 Å². The van der Waals surface area contributed by atoms with Gasteiger partial charge in [-0.05, 0) is 5.56 Å². The second-order valence-electron chi connectivity index (χ2n) is 5.51. The van der Waals surface area contributed by atoms with Crippen LogP contribution in [-0.4, -0.2) is 29.0 Å². The van der Waals surface area contributed by atoms with Crippen LogP contribution in [0.25, 0.3) is 0 Å². The number of benzene rings is 2. The van der Waals surface area contributed by atoms with Gasteiger partial charge in [0.05, 0.1) is 0 Å². The number of ether oxygens (including phenoxy) is 1. The molecule has 6 heteroatoms. The average Bonchev–Trinajstić information content (AvgIpc) is 2.60. The fourth-order valence-corrected chi connectivity index (χ4v) is 2.38. The molecule has 0 spiro atoms. The Morgan fingerprint density at radius 1 is 1.00 bits per heavy atom. The highest BCUT2D eigenvalue weighted by Gasteiger charge is 2.29. The molecule has 0 aliphatic carbocycles. The van der Waals surface area contributed by atoms with Gasteiger partial charge in [-0.25, -0.2) is 9.59 Å². The number of carbonyl (C=O) groups is 3. The van der Waals surface area contributed by atoms with Crippen LogP contribution in [0.15, 0.2) is 60.7 Å². The second-order valence-corrected chi connectivity index (χ2v) is 5.51. The van der Waals surface area contributed by atoms with Crippen molar-refractivity contribution in [3.8, 4) is 0 Å². The quantitative estimate of drug-likeness (QED) is 0.753. The molecule has 0 heterocycles.